The summed E-state index contributed by atoms with van der Waals surface area (Å²) in [6.45, 7) is 0. The van der Waals surface area contributed by atoms with Crippen LogP contribution in [-0.4, -0.2) is 22.6 Å². The van der Waals surface area contributed by atoms with E-state index in [2.05, 4.69) is 4.98 Å². The van der Waals surface area contributed by atoms with Gasteiger partial charge in [0.05, 0.1) is 28.6 Å². The van der Waals surface area contributed by atoms with Gasteiger partial charge in [-0.1, -0.05) is 12.1 Å². The molecule has 2 N–H and O–H groups in total. The highest BCUT2D eigenvalue weighted by atomic mass is 32.1. The average molecular weight is 374 g/mol. The molecule has 0 fully saturated rings. The Kier molecular flexibility index (Phi) is 4.11. The third-order valence-corrected chi connectivity index (χ3v) is 5.32. The Hall–Kier alpha value is -3.63. The number of nitrogens with two attached hydrogens (primary N) is 1. The molecule has 4 aromatic rings. The molecule has 2 heterocycles. The molecule has 6 nitrogen and oxygen atoms in total. The molecular formula is C20H14N4O2S. The average Bonchev–Trinajstić information content (AvgIpc) is 3.28. The van der Waals surface area contributed by atoms with Crippen LogP contribution in [0.4, 0.5) is 5.69 Å². The van der Waals surface area contributed by atoms with Gasteiger partial charge in [-0.05, 0) is 36.4 Å². The van der Waals surface area contributed by atoms with Gasteiger partial charge < -0.3 is 15.0 Å². The number of methoxy groups -OCH3 is 1. The van der Waals surface area contributed by atoms with Crippen LogP contribution >= 0.6 is 11.3 Å². The van der Waals surface area contributed by atoms with E-state index in [9.17, 15) is 10.1 Å². The first-order chi connectivity index (χ1) is 13.1. The molecule has 0 unspecified atom stereocenters. The Morgan fingerprint density at radius 2 is 1.96 bits per heavy atom. The number of fused-ring (bicyclic) bond motifs is 1. The molecule has 27 heavy (non-hydrogen) atoms. The van der Waals surface area contributed by atoms with Gasteiger partial charge >= 0.3 is 5.97 Å². The van der Waals surface area contributed by atoms with Crippen LogP contribution in [0.2, 0.25) is 0 Å². The number of rotatable bonds is 3. The molecule has 0 bridgehead atoms. The molecule has 4 rings (SSSR count). The van der Waals surface area contributed by atoms with Crippen molar-refractivity contribution < 1.29 is 9.53 Å². The number of hydrogen-bond donors (Lipinski definition) is 1. The maximum atomic E-state index is 12.1. The van der Waals surface area contributed by atoms with E-state index in [-0.39, 0.29) is 16.9 Å². The Morgan fingerprint density at radius 1 is 1.22 bits per heavy atom. The summed E-state index contributed by atoms with van der Waals surface area (Å²) in [6, 6.07) is 17.5. The van der Waals surface area contributed by atoms with Crippen molar-refractivity contribution >= 4 is 33.2 Å². The maximum Gasteiger partial charge on any atom is 0.357 e. The molecule has 0 aliphatic heterocycles. The number of thiazole rings is 1. The molecule has 7 heteroatoms. The lowest BCUT2D eigenvalue weighted by Crippen LogP contribution is -2.11. The predicted octanol–water partition coefficient (Wildman–Crippen LogP) is 3.99. The number of hydrogen-bond acceptors (Lipinski definition) is 6. The lowest BCUT2D eigenvalue weighted by atomic mass is 10.2. The van der Waals surface area contributed by atoms with Crippen LogP contribution < -0.4 is 5.73 Å². The van der Waals surface area contributed by atoms with Crippen molar-refractivity contribution in [2.24, 2.45) is 0 Å². The molecular weight excluding hydrogens is 360 g/mol. The zero-order chi connectivity index (χ0) is 19.0. The van der Waals surface area contributed by atoms with Gasteiger partial charge in [-0.2, -0.15) is 5.26 Å². The van der Waals surface area contributed by atoms with E-state index in [0.29, 0.717) is 5.69 Å². The van der Waals surface area contributed by atoms with Gasteiger partial charge in [-0.3, -0.25) is 0 Å². The second kappa shape index (κ2) is 6.59. The van der Waals surface area contributed by atoms with Crippen LogP contribution in [0, 0.1) is 11.3 Å². The minimum absolute atomic E-state index is 0.111. The number of nitrogens with zero attached hydrogens (tertiary/aromatic N) is 3. The molecule has 0 aliphatic rings. The molecule has 132 valence electrons. The normalized spacial score (nSPS) is 10.7. The van der Waals surface area contributed by atoms with Gasteiger partial charge in [0, 0.05) is 17.4 Å². The summed E-state index contributed by atoms with van der Waals surface area (Å²) in [6.07, 6.45) is 1.54. The molecule has 0 radical (unpaired) electrons. The van der Waals surface area contributed by atoms with Crippen molar-refractivity contribution in [3.05, 3.63) is 66.0 Å². The van der Waals surface area contributed by atoms with E-state index < -0.39 is 5.97 Å². The lowest BCUT2D eigenvalue weighted by Gasteiger charge is -2.09. The number of ether oxygens (including phenoxy) is 1. The summed E-state index contributed by atoms with van der Waals surface area (Å²) in [5.41, 5.74) is 9.06. The van der Waals surface area contributed by atoms with E-state index in [1.165, 1.54) is 13.3 Å². The molecule has 0 saturated carbocycles. The number of nitriles is 1. The van der Waals surface area contributed by atoms with Crippen molar-refractivity contribution in [3.63, 3.8) is 0 Å². The summed E-state index contributed by atoms with van der Waals surface area (Å²) < 4.78 is 7.50. The van der Waals surface area contributed by atoms with Crippen LogP contribution in [0.1, 0.15) is 16.1 Å². The maximum absolute atomic E-state index is 12.1. The summed E-state index contributed by atoms with van der Waals surface area (Å²) in [4.78, 5) is 16.8. The molecule has 0 aliphatic carbocycles. The van der Waals surface area contributed by atoms with Crippen LogP contribution in [0.25, 0.3) is 26.5 Å². The summed E-state index contributed by atoms with van der Waals surface area (Å²) in [5.74, 6) is -0.593. The second-order valence-corrected chi connectivity index (χ2v) is 6.84. The Bertz CT molecular complexity index is 1170. The van der Waals surface area contributed by atoms with Crippen LogP contribution in [0.3, 0.4) is 0 Å². The number of nitrogen functional groups attached to an aromatic ring is 1. The molecule has 0 saturated heterocycles. The fraction of sp³-hybridized carbons (Fsp3) is 0.0500. The van der Waals surface area contributed by atoms with Crippen molar-refractivity contribution in [3.8, 4) is 22.3 Å². The first-order valence-corrected chi connectivity index (χ1v) is 8.89. The zero-order valence-corrected chi connectivity index (χ0v) is 15.2. The number of anilines is 1. The largest absolute Gasteiger partial charge is 0.464 e. The Morgan fingerprint density at radius 3 is 2.63 bits per heavy atom. The summed E-state index contributed by atoms with van der Waals surface area (Å²) in [7, 11) is 1.28. The van der Waals surface area contributed by atoms with E-state index in [1.807, 2.05) is 54.6 Å². The van der Waals surface area contributed by atoms with Crippen molar-refractivity contribution in [1.29, 1.82) is 5.26 Å². The number of carbonyl (C=O) groups is 1. The standard InChI is InChI=1S/C20H14N4O2S/c1-26-20(25)18-17(22)13(10-21)11-24(18)14-8-6-12(7-9-14)19-23-15-4-2-3-5-16(15)27-19/h2-9,11H,22H2,1H3. The third-order valence-electron chi connectivity index (χ3n) is 4.23. The van der Waals surface area contributed by atoms with Gasteiger partial charge in [0.2, 0.25) is 0 Å². The minimum atomic E-state index is -0.593. The van der Waals surface area contributed by atoms with E-state index >= 15 is 0 Å². The first-order valence-electron chi connectivity index (χ1n) is 8.08. The van der Waals surface area contributed by atoms with Gasteiger partial charge in [-0.15, -0.1) is 11.3 Å². The second-order valence-electron chi connectivity index (χ2n) is 5.81. The van der Waals surface area contributed by atoms with E-state index in [4.69, 9.17) is 10.5 Å². The molecule has 0 amide bonds. The van der Waals surface area contributed by atoms with Gasteiger partial charge in [0.1, 0.15) is 11.1 Å². The highest BCUT2D eigenvalue weighted by Crippen LogP contribution is 2.31. The van der Waals surface area contributed by atoms with E-state index in [0.717, 1.165) is 20.8 Å². The number of esters is 1. The lowest BCUT2D eigenvalue weighted by molar-refractivity contribution is 0.0593. The van der Waals surface area contributed by atoms with Crippen molar-refractivity contribution in [2.75, 3.05) is 12.8 Å². The first kappa shape index (κ1) is 16.8. The Balaban J connectivity index is 1.77. The van der Waals surface area contributed by atoms with Crippen molar-refractivity contribution in [1.82, 2.24) is 9.55 Å². The number of carbonyl (C=O) groups excluding carboxylic acids is 1. The summed E-state index contributed by atoms with van der Waals surface area (Å²) in [5, 5.41) is 10.1. The minimum Gasteiger partial charge on any atom is -0.464 e. The van der Waals surface area contributed by atoms with Crippen LogP contribution in [0.15, 0.2) is 54.7 Å². The molecule has 2 aromatic heterocycles. The molecule has 0 atom stereocenters. The highest BCUT2D eigenvalue weighted by molar-refractivity contribution is 7.21. The zero-order valence-electron chi connectivity index (χ0n) is 14.3. The van der Waals surface area contributed by atoms with E-state index in [1.54, 1.807) is 15.9 Å². The van der Waals surface area contributed by atoms with Crippen molar-refractivity contribution in [2.45, 2.75) is 0 Å². The molecule has 2 aromatic carbocycles. The van der Waals surface area contributed by atoms with Gasteiger partial charge in [-0.25, -0.2) is 9.78 Å². The number of aromatic nitrogens is 2. The summed E-state index contributed by atoms with van der Waals surface area (Å²) >= 11 is 1.62. The van der Waals surface area contributed by atoms with Gasteiger partial charge in [0.25, 0.3) is 0 Å². The topological polar surface area (TPSA) is 93.9 Å². The number of para-hydroxylation sites is 1. The fourth-order valence-corrected chi connectivity index (χ4v) is 3.85. The number of benzene rings is 2. The predicted molar refractivity (Wildman–Crippen MR) is 105 cm³/mol. The third kappa shape index (κ3) is 2.82. The smallest absolute Gasteiger partial charge is 0.357 e. The molecule has 0 spiro atoms. The highest BCUT2D eigenvalue weighted by Gasteiger charge is 2.21. The van der Waals surface area contributed by atoms with Crippen LogP contribution in [-0.2, 0) is 4.74 Å². The Labute approximate surface area is 159 Å². The quantitative estimate of drug-likeness (QED) is 0.547. The van der Waals surface area contributed by atoms with Gasteiger partial charge in [0.15, 0.2) is 5.69 Å². The fourth-order valence-electron chi connectivity index (χ4n) is 2.88. The SMILES string of the molecule is COC(=O)c1c(N)c(C#N)cn1-c1ccc(-c2nc3ccccc3s2)cc1. The monoisotopic (exact) mass is 374 g/mol. The van der Waals surface area contributed by atoms with Crippen LogP contribution in [0.5, 0.6) is 0 Å².